The fourth-order valence-electron chi connectivity index (χ4n) is 4.51. The number of piperidine rings is 1. The lowest BCUT2D eigenvalue weighted by Gasteiger charge is -2.42. The molecule has 1 fully saturated rings. The van der Waals surface area contributed by atoms with Crippen LogP contribution in [0, 0.1) is 17.4 Å². The number of aliphatic hydroxyl groups is 1. The number of nitrogens with one attached hydrogen (secondary N) is 1. The average Bonchev–Trinajstić information content (AvgIpc) is 2.89. The highest BCUT2D eigenvalue weighted by molar-refractivity contribution is 7.79. The van der Waals surface area contributed by atoms with E-state index in [-0.39, 0.29) is 10.8 Å². The summed E-state index contributed by atoms with van der Waals surface area (Å²) in [6.07, 6.45) is 3.33. The second-order valence-corrected chi connectivity index (χ2v) is 9.10. The first-order valence-corrected chi connectivity index (χ1v) is 12.1. The topological polar surface area (TPSA) is 112 Å². The molecule has 2 N–H and O–H groups in total. The van der Waals surface area contributed by atoms with Gasteiger partial charge in [0, 0.05) is 18.0 Å². The first kappa shape index (κ1) is 23.6. The van der Waals surface area contributed by atoms with Gasteiger partial charge < -0.3 is 14.6 Å². The lowest BCUT2D eigenvalue weighted by Crippen LogP contribution is -2.48. The van der Waals surface area contributed by atoms with Gasteiger partial charge in [-0.2, -0.15) is 5.26 Å². The molecule has 0 aliphatic carbocycles. The van der Waals surface area contributed by atoms with Crippen LogP contribution in [-0.2, 0) is 16.7 Å². The molecule has 0 aromatic heterocycles. The smallest absolute Gasteiger partial charge is 0.212 e. The minimum absolute atomic E-state index is 0.0248. The quantitative estimate of drug-likeness (QED) is 0.192. The Morgan fingerprint density at radius 2 is 1.53 bits per heavy atom. The highest BCUT2D eigenvalue weighted by Crippen LogP contribution is 2.41. The fourth-order valence-corrected chi connectivity index (χ4v) is 4.87. The summed E-state index contributed by atoms with van der Waals surface area (Å²) in [6.45, 7) is 1.20. The number of hydrogen-bond acceptors (Lipinski definition) is 5. The van der Waals surface area contributed by atoms with Crippen molar-refractivity contribution < 1.29 is 13.9 Å². The van der Waals surface area contributed by atoms with Crippen molar-refractivity contribution in [2.24, 2.45) is 10.9 Å². The van der Waals surface area contributed by atoms with Crippen molar-refractivity contribution in [3.05, 3.63) is 96.1 Å². The predicted octanol–water partition coefficient (Wildman–Crippen LogP) is 3.63. The Bertz CT molecular complexity index is 1150. The van der Waals surface area contributed by atoms with E-state index < -0.39 is 16.7 Å². The lowest BCUT2D eigenvalue weighted by atomic mass is 9.72. The normalized spacial score (nSPS) is 16.0. The molecule has 4 rings (SSSR count). The molecule has 0 radical (unpaired) electrons. The summed E-state index contributed by atoms with van der Waals surface area (Å²) < 4.78 is 22.2. The van der Waals surface area contributed by atoms with Gasteiger partial charge in [-0.15, -0.1) is 0 Å². The van der Waals surface area contributed by atoms with E-state index in [4.69, 9.17) is 0 Å². The van der Waals surface area contributed by atoms with Crippen LogP contribution in [0.15, 0.2) is 94.8 Å². The van der Waals surface area contributed by atoms with E-state index in [0.717, 1.165) is 11.1 Å². The summed E-state index contributed by atoms with van der Waals surface area (Å²) in [5.74, 6) is 0.378. The third-order valence-corrected chi connectivity index (χ3v) is 6.90. The molecule has 7 nitrogen and oxygen atoms in total. The van der Waals surface area contributed by atoms with Crippen LogP contribution in [0.2, 0.25) is 0 Å². The Balaban J connectivity index is 1.56. The van der Waals surface area contributed by atoms with Gasteiger partial charge >= 0.3 is 0 Å². The van der Waals surface area contributed by atoms with Crippen LogP contribution in [0.3, 0.4) is 0 Å². The SMILES string of the molecule is N#CNC(=Nc1ccc(S(=O)[O-])cc1)N1CCC(C(O)(c2ccccc2)c2ccccc2)CC1. The molecule has 3 aromatic carbocycles. The molecule has 1 heterocycles. The van der Waals surface area contributed by atoms with E-state index in [0.29, 0.717) is 37.6 Å². The monoisotopic (exact) mass is 473 g/mol. The standard InChI is InChI=1S/C26H26N4O3S/c27-19-28-25(29-23-11-13-24(14-12-23)34(32)33)30-17-15-22(16-18-30)26(31,20-7-3-1-4-8-20)21-9-5-2-6-10-21/h1-14,22,31H,15-18H2,(H,28,29)(H,32,33)/p-1. The summed E-state index contributed by atoms with van der Waals surface area (Å²) in [6, 6.07) is 25.6. The largest absolute Gasteiger partial charge is 0.768 e. The van der Waals surface area contributed by atoms with E-state index in [2.05, 4.69) is 10.3 Å². The van der Waals surface area contributed by atoms with Gasteiger partial charge in [0.1, 0.15) is 5.60 Å². The summed E-state index contributed by atoms with van der Waals surface area (Å²) in [5.41, 5.74) is 1.14. The van der Waals surface area contributed by atoms with Crippen LogP contribution in [0.25, 0.3) is 0 Å². The molecule has 1 saturated heterocycles. The van der Waals surface area contributed by atoms with Gasteiger partial charge in [0.2, 0.25) is 5.96 Å². The van der Waals surface area contributed by atoms with Crippen LogP contribution >= 0.6 is 0 Å². The second-order valence-electron chi connectivity index (χ2n) is 8.16. The number of nitriles is 1. The number of guanidine groups is 1. The molecule has 0 bridgehead atoms. The van der Waals surface area contributed by atoms with Crippen LogP contribution < -0.4 is 5.32 Å². The van der Waals surface area contributed by atoms with Gasteiger partial charge in [0.25, 0.3) is 0 Å². The Kier molecular flexibility index (Phi) is 7.38. The number of nitrogens with zero attached hydrogens (tertiary/aromatic N) is 3. The van der Waals surface area contributed by atoms with E-state index in [9.17, 15) is 19.1 Å². The minimum Gasteiger partial charge on any atom is -0.768 e. The van der Waals surface area contributed by atoms with Crippen LogP contribution in [-0.4, -0.2) is 37.8 Å². The molecule has 0 spiro atoms. The summed E-state index contributed by atoms with van der Waals surface area (Å²) in [7, 11) is 0. The molecule has 174 valence electrons. The molecule has 34 heavy (non-hydrogen) atoms. The van der Waals surface area contributed by atoms with Gasteiger partial charge in [-0.25, -0.2) is 4.99 Å². The number of rotatable bonds is 5. The van der Waals surface area contributed by atoms with Crippen molar-refractivity contribution in [2.75, 3.05) is 13.1 Å². The molecule has 0 saturated carbocycles. The van der Waals surface area contributed by atoms with Crippen LogP contribution in [0.1, 0.15) is 24.0 Å². The Hall–Kier alpha value is -3.51. The van der Waals surface area contributed by atoms with Crippen molar-refractivity contribution in [3.8, 4) is 6.19 Å². The average molecular weight is 474 g/mol. The number of aliphatic imine (C=N–C) groups is 1. The van der Waals surface area contributed by atoms with E-state index in [1.165, 1.54) is 12.1 Å². The molecule has 1 atom stereocenters. The highest BCUT2D eigenvalue weighted by atomic mass is 32.2. The summed E-state index contributed by atoms with van der Waals surface area (Å²) in [4.78, 5) is 6.68. The first-order chi connectivity index (χ1) is 16.5. The Labute approximate surface area is 201 Å². The van der Waals surface area contributed by atoms with Gasteiger partial charge in [0.15, 0.2) is 6.19 Å². The lowest BCUT2D eigenvalue weighted by molar-refractivity contribution is -0.00676. The molecule has 1 aliphatic rings. The van der Waals surface area contributed by atoms with Crippen LogP contribution in [0.5, 0.6) is 0 Å². The van der Waals surface area contributed by atoms with Crippen molar-refractivity contribution >= 4 is 22.7 Å². The van der Waals surface area contributed by atoms with E-state index in [1.54, 1.807) is 12.1 Å². The maximum absolute atomic E-state index is 12.0. The molecular weight excluding hydrogens is 448 g/mol. The van der Waals surface area contributed by atoms with Crippen molar-refractivity contribution in [2.45, 2.75) is 23.3 Å². The molecular formula is C26H25N4O3S-. The third-order valence-electron chi connectivity index (χ3n) is 6.24. The van der Waals surface area contributed by atoms with Crippen molar-refractivity contribution in [1.82, 2.24) is 10.2 Å². The molecule has 1 unspecified atom stereocenters. The zero-order valence-corrected chi connectivity index (χ0v) is 19.3. The maximum Gasteiger partial charge on any atom is 0.212 e. The van der Waals surface area contributed by atoms with Gasteiger partial charge in [-0.05, 0) is 65.2 Å². The maximum atomic E-state index is 12.0. The van der Waals surface area contributed by atoms with E-state index >= 15 is 0 Å². The van der Waals surface area contributed by atoms with Crippen molar-refractivity contribution in [1.29, 1.82) is 5.26 Å². The minimum atomic E-state index is -2.30. The Morgan fingerprint density at radius 3 is 2.00 bits per heavy atom. The van der Waals surface area contributed by atoms with Gasteiger partial charge in [-0.3, -0.25) is 9.53 Å². The third kappa shape index (κ3) is 5.02. The van der Waals surface area contributed by atoms with Gasteiger partial charge in [-0.1, -0.05) is 60.7 Å². The number of likely N-dealkylation sites (tertiary alicyclic amines) is 1. The van der Waals surface area contributed by atoms with Crippen molar-refractivity contribution in [3.63, 3.8) is 0 Å². The fraction of sp³-hybridized carbons (Fsp3) is 0.231. The molecule has 1 aliphatic heterocycles. The highest BCUT2D eigenvalue weighted by Gasteiger charge is 2.41. The summed E-state index contributed by atoms with van der Waals surface area (Å²) >= 11 is -2.30. The van der Waals surface area contributed by atoms with E-state index in [1.807, 2.05) is 71.8 Å². The molecule has 3 aromatic rings. The Morgan fingerprint density at radius 1 is 1.00 bits per heavy atom. The zero-order chi connectivity index (χ0) is 24.0. The predicted molar refractivity (Wildman–Crippen MR) is 130 cm³/mol. The summed E-state index contributed by atoms with van der Waals surface area (Å²) in [5, 5.41) is 23.9. The zero-order valence-electron chi connectivity index (χ0n) is 18.5. The van der Waals surface area contributed by atoms with Gasteiger partial charge in [0.05, 0.1) is 5.69 Å². The van der Waals surface area contributed by atoms with Crippen LogP contribution in [0.4, 0.5) is 5.69 Å². The number of benzene rings is 3. The molecule has 8 heteroatoms. The first-order valence-electron chi connectivity index (χ1n) is 11.0. The number of hydrogen-bond donors (Lipinski definition) is 2. The second kappa shape index (κ2) is 10.6. The molecule has 0 amide bonds.